The van der Waals surface area contributed by atoms with Crippen molar-refractivity contribution >= 4 is 22.9 Å². The Balaban J connectivity index is 1.40. The zero-order chi connectivity index (χ0) is 18.8. The molecule has 4 heterocycles. The second-order valence-corrected chi connectivity index (χ2v) is 7.69. The molecule has 0 saturated heterocycles. The molecule has 0 aliphatic heterocycles. The molecule has 0 aliphatic rings. The predicted octanol–water partition coefficient (Wildman–Crippen LogP) is 3.83. The number of amides is 1. The van der Waals surface area contributed by atoms with Crippen LogP contribution in [-0.2, 0) is 13.0 Å². The number of rotatable bonds is 6. The Hall–Kier alpha value is -2.86. The van der Waals surface area contributed by atoms with Gasteiger partial charge < -0.3 is 14.3 Å². The van der Waals surface area contributed by atoms with Crippen LogP contribution in [0.2, 0.25) is 0 Å². The molecule has 0 unspecified atom stereocenters. The van der Waals surface area contributed by atoms with Crippen molar-refractivity contribution in [3.05, 3.63) is 81.7 Å². The molecule has 1 amide bonds. The maximum absolute atomic E-state index is 12.6. The molecular weight excluding hydrogens is 356 g/mol. The first-order chi connectivity index (χ1) is 13.1. The summed E-state index contributed by atoms with van der Waals surface area (Å²) < 4.78 is 4.19. The van der Waals surface area contributed by atoms with Crippen LogP contribution in [0.1, 0.15) is 32.3 Å². The summed E-state index contributed by atoms with van der Waals surface area (Å²) in [5, 5.41) is 5.11. The third-order valence-corrected chi connectivity index (χ3v) is 5.65. The van der Waals surface area contributed by atoms with Crippen LogP contribution in [0.4, 0.5) is 0 Å². The summed E-state index contributed by atoms with van der Waals surface area (Å²) in [7, 11) is 0. The number of carbonyl (C=O) groups is 1. The summed E-state index contributed by atoms with van der Waals surface area (Å²) in [5.74, 6) is -0.0238. The Morgan fingerprint density at radius 3 is 2.89 bits per heavy atom. The molecule has 0 bridgehead atoms. The number of nitrogens with one attached hydrogen (secondary N) is 1. The second kappa shape index (κ2) is 7.40. The molecule has 0 atom stereocenters. The Labute approximate surface area is 162 Å². The molecule has 0 spiro atoms. The van der Waals surface area contributed by atoms with E-state index in [0.717, 1.165) is 34.8 Å². The van der Waals surface area contributed by atoms with Crippen molar-refractivity contribution in [2.45, 2.75) is 26.8 Å². The lowest BCUT2D eigenvalue weighted by Crippen LogP contribution is -2.26. The third-order valence-electron chi connectivity index (χ3n) is 4.79. The van der Waals surface area contributed by atoms with E-state index in [1.54, 1.807) is 11.3 Å². The van der Waals surface area contributed by atoms with E-state index < -0.39 is 0 Å². The van der Waals surface area contributed by atoms with Crippen molar-refractivity contribution in [3.63, 3.8) is 0 Å². The van der Waals surface area contributed by atoms with Gasteiger partial charge in [-0.25, -0.2) is 4.98 Å². The number of carbonyl (C=O) groups excluding carboxylic acids is 1. The second-order valence-electron chi connectivity index (χ2n) is 6.65. The molecule has 0 aliphatic carbocycles. The largest absolute Gasteiger partial charge is 0.352 e. The van der Waals surface area contributed by atoms with Gasteiger partial charge in [-0.2, -0.15) is 0 Å². The zero-order valence-corrected chi connectivity index (χ0v) is 16.3. The monoisotopic (exact) mass is 378 g/mol. The SMILES string of the molecule is Cc1cc(C(=O)NCCc2cn3ccccc3n2)c(C)n1Cc1cccs1. The first kappa shape index (κ1) is 17.5. The highest BCUT2D eigenvalue weighted by atomic mass is 32.1. The van der Waals surface area contributed by atoms with Gasteiger partial charge >= 0.3 is 0 Å². The van der Waals surface area contributed by atoms with Crippen molar-refractivity contribution in [1.29, 1.82) is 0 Å². The summed E-state index contributed by atoms with van der Waals surface area (Å²) in [6, 6.07) is 12.1. The summed E-state index contributed by atoms with van der Waals surface area (Å²) >= 11 is 1.74. The van der Waals surface area contributed by atoms with Gasteiger partial charge in [0.2, 0.25) is 0 Å². The molecule has 6 heteroatoms. The van der Waals surface area contributed by atoms with Crippen LogP contribution < -0.4 is 5.32 Å². The van der Waals surface area contributed by atoms with Crippen LogP contribution in [0, 0.1) is 13.8 Å². The van der Waals surface area contributed by atoms with Crippen LogP contribution in [0.25, 0.3) is 5.65 Å². The lowest BCUT2D eigenvalue weighted by Gasteiger charge is -2.08. The number of pyridine rings is 1. The fraction of sp³-hybridized carbons (Fsp3) is 0.238. The lowest BCUT2D eigenvalue weighted by molar-refractivity contribution is 0.0953. The van der Waals surface area contributed by atoms with Crippen LogP contribution >= 0.6 is 11.3 Å². The van der Waals surface area contributed by atoms with Gasteiger partial charge in [0, 0.05) is 41.6 Å². The molecule has 1 N–H and O–H groups in total. The minimum Gasteiger partial charge on any atom is -0.352 e. The van der Waals surface area contributed by atoms with E-state index in [1.165, 1.54) is 4.88 Å². The fourth-order valence-electron chi connectivity index (χ4n) is 3.34. The Kier molecular flexibility index (Phi) is 4.81. The standard InChI is InChI=1S/C21H22N4OS/c1-15-12-19(16(2)25(15)14-18-6-5-11-27-18)21(26)22-9-8-17-13-24-10-4-3-7-20(24)23-17/h3-7,10-13H,8-9,14H2,1-2H3,(H,22,26). The zero-order valence-electron chi connectivity index (χ0n) is 15.5. The first-order valence-electron chi connectivity index (χ1n) is 9.02. The smallest absolute Gasteiger partial charge is 0.253 e. The van der Waals surface area contributed by atoms with Crippen LogP contribution in [-0.4, -0.2) is 26.4 Å². The van der Waals surface area contributed by atoms with E-state index in [9.17, 15) is 4.79 Å². The van der Waals surface area contributed by atoms with Crippen LogP contribution in [0.15, 0.2) is 54.2 Å². The average Bonchev–Trinajstić information content (AvgIpc) is 3.37. The molecule has 0 fully saturated rings. The van der Waals surface area contributed by atoms with Gasteiger partial charge in [0.15, 0.2) is 0 Å². The quantitative estimate of drug-likeness (QED) is 0.554. The molecule has 138 valence electrons. The van der Waals surface area contributed by atoms with Crippen molar-refractivity contribution in [2.24, 2.45) is 0 Å². The van der Waals surface area contributed by atoms with E-state index in [2.05, 4.69) is 32.4 Å². The number of aromatic nitrogens is 3. The van der Waals surface area contributed by atoms with E-state index in [4.69, 9.17) is 0 Å². The van der Waals surface area contributed by atoms with Crippen LogP contribution in [0.5, 0.6) is 0 Å². The fourth-order valence-corrected chi connectivity index (χ4v) is 4.03. The van der Waals surface area contributed by atoms with Gasteiger partial charge in [0.1, 0.15) is 5.65 Å². The number of aryl methyl sites for hydroxylation is 1. The summed E-state index contributed by atoms with van der Waals surface area (Å²) in [6.07, 6.45) is 4.70. The minimum atomic E-state index is -0.0238. The lowest BCUT2D eigenvalue weighted by atomic mass is 10.2. The molecule has 4 aromatic rings. The van der Waals surface area contributed by atoms with Crippen LogP contribution in [0.3, 0.4) is 0 Å². The third kappa shape index (κ3) is 3.66. The van der Waals surface area contributed by atoms with Gasteiger partial charge in [-0.1, -0.05) is 12.1 Å². The van der Waals surface area contributed by atoms with Crippen molar-refractivity contribution in [3.8, 4) is 0 Å². The Morgan fingerprint density at radius 1 is 1.22 bits per heavy atom. The Morgan fingerprint density at radius 2 is 2.11 bits per heavy atom. The maximum atomic E-state index is 12.6. The summed E-state index contributed by atoms with van der Waals surface area (Å²) in [6.45, 7) is 5.44. The number of hydrogen-bond donors (Lipinski definition) is 1. The average molecular weight is 379 g/mol. The highest BCUT2D eigenvalue weighted by molar-refractivity contribution is 7.09. The number of imidazole rings is 1. The van der Waals surface area contributed by atoms with Gasteiger partial charge in [-0.05, 0) is 43.5 Å². The highest BCUT2D eigenvalue weighted by Crippen LogP contribution is 2.19. The molecule has 4 rings (SSSR count). The van der Waals surface area contributed by atoms with Crippen molar-refractivity contribution in [1.82, 2.24) is 19.3 Å². The van der Waals surface area contributed by atoms with Gasteiger partial charge in [-0.3, -0.25) is 4.79 Å². The van der Waals surface area contributed by atoms with E-state index in [-0.39, 0.29) is 5.91 Å². The van der Waals surface area contributed by atoms with E-state index in [1.807, 2.05) is 54.9 Å². The van der Waals surface area contributed by atoms with E-state index >= 15 is 0 Å². The van der Waals surface area contributed by atoms with Gasteiger partial charge in [0.05, 0.1) is 17.8 Å². The topological polar surface area (TPSA) is 51.3 Å². The number of thiophene rings is 1. The maximum Gasteiger partial charge on any atom is 0.253 e. The molecular formula is C21H22N4OS. The first-order valence-corrected chi connectivity index (χ1v) is 9.89. The molecule has 5 nitrogen and oxygen atoms in total. The molecule has 4 aromatic heterocycles. The molecule has 0 saturated carbocycles. The summed E-state index contributed by atoms with van der Waals surface area (Å²) in [5.41, 5.74) is 4.76. The van der Waals surface area contributed by atoms with Crippen molar-refractivity contribution < 1.29 is 4.79 Å². The Bertz CT molecular complexity index is 1040. The van der Waals surface area contributed by atoms with Crippen molar-refractivity contribution in [2.75, 3.05) is 6.54 Å². The van der Waals surface area contributed by atoms with Gasteiger partial charge in [-0.15, -0.1) is 11.3 Å². The number of hydrogen-bond acceptors (Lipinski definition) is 3. The molecule has 27 heavy (non-hydrogen) atoms. The summed E-state index contributed by atoms with van der Waals surface area (Å²) in [4.78, 5) is 18.5. The minimum absolute atomic E-state index is 0.0238. The highest BCUT2D eigenvalue weighted by Gasteiger charge is 2.16. The van der Waals surface area contributed by atoms with E-state index in [0.29, 0.717) is 13.0 Å². The number of fused-ring (bicyclic) bond motifs is 1. The number of nitrogens with zero attached hydrogens (tertiary/aromatic N) is 3. The van der Waals surface area contributed by atoms with Gasteiger partial charge in [0.25, 0.3) is 5.91 Å². The normalized spacial score (nSPS) is 11.2. The predicted molar refractivity (Wildman–Crippen MR) is 109 cm³/mol. The molecule has 0 aromatic carbocycles. The molecule has 0 radical (unpaired) electrons.